The summed E-state index contributed by atoms with van der Waals surface area (Å²) >= 11 is 0. The molecular formula is C53H39N. The number of rotatable bonds is 4. The Morgan fingerprint density at radius 2 is 0.796 bits per heavy atom. The van der Waals surface area contributed by atoms with Crippen molar-refractivity contribution in [1.29, 1.82) is 0 Å². The summed E-state index contributed by atoms with van der Waals surface area (Å²) in [4.78, 5) is 2.40. The van der Waals surface area contributed by atoms with Gasteiger partial charge >= 0.3 is 0 Å². The van der Waals surface area contributed by atoms with Gasteiger partial charge in [0.2, 0.25) is 0 Å². The predicted octanol–water partition coefficient (Wildman–Crippen LogP) is 13.8. The molecular weight excluding hydrogens is 651 g/mol. The summed E-state index contributed by atoms with van der Waals surface area (Å²) in [5, 5.41) is 0. The Morgan fingerprint density at radius 1 is 0.370 bits per heavy atom. The molecule has 8 aromatic carbocycles. The molecule has 11 rings (SSSR count). The zero-order chi connectivity index (χ0) is 38.7. The van der Waals surface area contributed by atoms with Crippen molar-refractivity contribution >= 4 is 17.1 Å². The van der Waals surface area contributed by atoms with Crippen molar-refractivity contribution in [3.63, 3.8) is 0 Å². The van der Waals surface area contributed by atoms with Crippen molar-refractivity contribution in [2.24, 2.45) is 0 Å². The van der Waals surface area contributed by atoms with Gasteiger partial charge in [0.1, 0.15) is 0 Å². The molecule has 0 N–H and O–H groups in total. The van der Waals surface area contributed by atoms with Gasteiger partial charge in [-0.3, -0.25) is 0 Å². The fraction of sp³-hybridized carbons (Fsp3) is 0.0943. The quantitative estimate of drug-likeness (QED) is 0.177. The van der Waals surface area contributed by atoms with Crippen LogP contribution in [0.3, 0.4) is 0 Å². The van der Waals surface area contributed by atoms with E-state index in [1.807, 2.05) is 12.1 Å². The number of nitrogens with zero attached hydrogens (tertiary/aromatic N) is 1. The number of aryl methyl sites for hydroxylation is 1. The Hall–Kier alpha value is -6.44. The van der Waals surface area contributed by atoms with Gasteiger partial charge < -0.3 is 4.90 Å². The number of hydrogen-bond donors (Lipinski definition) is 0. The first-order valence-electron chi connectivity index (χ1n) is 20.3. The Morgan fingerprint density at radius 3 is 1.37 bits per heavy atom. The fourth-order valence-corrected chi connectivity index (χ4v) is 9.98. The maximum absolute atomic E-state index is 7.83. The van der Waals surface area contributed by atoms with Gasteiger partial charge in [-0.25, -0.2) is 0 Å². The first-order chi connectivity index (χ1) is 27.7. The Kier molecular flexibility index (Phi) is 5.87. The summed E-state index contributed by atoms with van der Waals surface area (Å²) < 4.78 is 23.5. The topological polar surface area (TPSA) is 3.24 Å². The highest BCUT2D eigenvalue weighted by Crippen LogP contribution is 2.63. The minimum Gasteiger partial charge on any atom is -0.310 e. The third kappa shape index (κ3) is 4.15. The van der Waals surface area contributed by atoms with Crippen molar-refractivity contribution < 1.29 is 4.11 Å². The molecule has 0 aliphatic heterocycles. The highest BCUT2D eigenvalue weighted by molar-refractivity contribution is 5.96. The second-order valence-corrected chi connectivity index (χ2v) is 15.5. The average Bonchev–Trinajstić information content (AvgIpc) is 3.79. The minimum absolute atomic E-state index is 0.0962. The number of benzene rings is 8. The fourth-order valence-electron chi connectivity index (χ4n) is 9.98. The van der Waals surface area contributed by atoms with E-state index in [0.29, 0.717) is 5.56 Å². The van der Waals surface area contributed by atoms with Crippen molar-refractivity contribution in [3.05, 3.63) is 221 Å². The van der Waals surface area contributed by atoms with Gasteiger partial charge in [0.25, 0.3) is 0 Å². The van der Waals surface area contributed by atoms with Gasteiger partial charge in [-0.05, 0) is 121 Å². The van der Waals surface area contributed by atoms with Crippen molar-refractivity contribution in [2.45, 2.75) is 31.5 Å². The highest BCUT2D eigenvalue weighted by Gasteiger charge is 2.51. The zero-order valence-corrected chi connectivity index (χ0v) is 30.3. The van der Waals surface area contributed by atoms with Crippen molar-refractivity contribution in [2.75, 3.05) is 4.90 Å². The van der Waals surface area contributed by atoms with Crippen LogP contribution in [0.15, 0.2) is 182 Å². The molecule has 1 nitrogen and oxygen atoms in total. The molecule has 0 heterocycles. The van der Waals surface area contributed by atoms with E-state index in [0.717, 1.165) is 28.2 Å². The second-order valence-electron chi connectivity index (χ2n) is 15.5. The van der Waals surface area contributed by atoms with E-state index in [4.69, 9.17) is 4.11 Å². The van der Waals surface area contributed by atoms with Gasteiger partial charge in [0.15, 0.2) is 0 Å². The number of anilines is 3. The van der Waals surface area contributed by atoms with E-state index in [1.54, 1.807) is 12.1 Å². The van der Waals surface area contributed by atoms with Gasteiger partial charge in [0.05, 0.1) is 5.41 Å². The van der Waals surface area contributed by atoms with Crippen LogP contribution in [0.4, 0.5) is 17.1 Å². The third-order valence-corrected chi connectivity index (χ3v) is 12.4. The minimum atomic E-state index is -2.13. The van der Waals surface area contributed by atoms with Gasteiger partial charge in [-0.2, -0.15) is 0 Å². The monoisotopic (exact) mass is 692 g/mol. The van der Waals surface area contributed by atoms with Crippen LogP contribution in [-0.4, -0.2) is 0 Å². The number of hydrogen-bond acceptors (Lipinski definition) is 1. The first kappa shape index (κ1) is 28.1. The molecule has 256 valence electrons. The molecule has 3 aliphatic carbocycles. The van der Waals surface area contributed by atoms with Crippen molar-refractivity contribution in [3.8, 4) is 44.5 Å². The molecule has 0 aromatic heterocycles. The van der Waals surface area contributed by atoms with Crippen LogP contribution >= 0.6 is 0 Å². The largest absolute Gasteiger partial charge is 0.310 e. The zero-order valence-electron chi connectivity index (χ0n) is 33.3. The normalized spacial score (nSPS) is 15.6. The molecule has 0 saturated carbocycles. The molecule has 0 saturated heterocycles. The van der Waals surface area contributed by atoms with E-state index >= 15 is 0 Å². The predicted molar refractivity (Wildman–Crippen MR) is 225 cm³/mol. The van der Waals surface area contributed by atoms with Crippen LogP contribution in [0.2, 0.25) is 0 Å². The molecule has 54 heavy (non-hydrogen) atoms. The molecule has 0 fully saturated rings. The van der Waals surface area contributed by atoms with Crippen LogP contribution in [0.25, 0.3) is 44.5 Å². The van der Waals surface area contributed by atoms with Crippen LogP contribution in [0, 0.1) is 6.85 Å². The molecule has 0 amide bonds. The first-order valence-corrected chi connectivity index (χ1v) is 18.8. The summed E-state index contributed by atoms with van der Waals surface area (Å²) in [6.45, 7) is 2.52. The van der Waals surface area contributed by atoms with Crippen molar-refractivity contribution in [1.82, 2.24) is 0 Å². The standard InChI is InChI=1S/C53H39N/c1-34-20-22-35(23-21-34)36-24-26-37(27-25-36)54(38-29-31-47-45(32-38)43-15-4-8-16-46(43)52(47,2)3)39-28-30-44-42-14-7-11-19-50(42)53(51(44)33-39)48-17-9-5-12-40(48)41-13-6-10-18-49(41)53/h4-33H,1-3H3/i1D3. The maximum Gasteiger partial charge on any atom is 0.0726 e. The molecule has 0 radical (unpaired) electrons. The lowest BCUT2D eigenvalue weighted by molar-refractivity contribution is 0.660. The summed E-state index contributed by atoms with van der Waals surface area (Å²) in [6, 6.07) is 65.7. The Balaban J connectivity index is 1.12. The van der Waals surface area contributed by atoms with Crippen LogP contribution in [0.5, 0.6) is 0 Å². The van der Waals surface area contributed by atoms with E-state index in [1.165, 1.54) is 66.8 Å². The highest BCUT2D eigenvalue weighted by atomic mass is 15.1. The molecule has 1 spiro atoms. The molecule has 1 heteroatoms. The SMILES string of the molecule is [2H]C([2H])([2H])c1ccc(-c2ccc(N(c3ccc4c(c3)-c3ccccc3C4(C)C)c3ccc4c(c3)C3(c5ccccc5-c5ccccc53)c3ccccc3-4)cc2)cc1. The smallest absolute Gasteiger partial charge is 0.0726 e. The van der Waals surface area contributed by atoms with Gasteiger partial charge in [-0.1, -0.05) is 165 Å². The number of fused-ring (bicyclic) bond motifs is 13. The lowest BCUT2D eigenvalue weighted by atomic mass is 9.70. The van der Waals surface area contributed by atoms with Crippen LogP contribution < -0.4 is 4.90 Å². The molecule has 3 aliphatic rings. The summed E-state index contributed by atoms with van der Waals surface area (Å²) in [6.07, 6.45) is 0. The van der Waals surface area contributed by atoms with Gasteiger partial charge in [-0.15, -0.1) is 0 Å². The average molecular weight is 693 g/mol. The lowest BCUT2D eigenvalue weighted by Gasteiger charge is -2.32. The summed E-state index contributed by atoms with van der Waals surface area (Å²) in [5.41, 5.74) is 20.7. The molecule has 0 unspecified atom stereocenters. The third-order valence-electron chi connectivity index (χ3n) is 12.4. The lowest BCUT2D eigenvalue weighted by Crippen LogP contribution is -2.26. The molecule has 0 atom stereocenters. The Bertz CT molecular complexity index is 2850. The van der Waals surface area contributed by atoms with E-state index < -0.39 is 12.3 Å². The van der Waals surface area contributed by atoms with E-state index in [-0.39, 0.29) is 5.41 Å². The van der Waals surface area contributed by atoms with Crippen LogP contribution in [-0.2, 0) is 10.8 Å². The molecule has 8 aromatic rings. The Labute approximate surface area is 322 Å². The molecule has 0 bridgehead atoms. The summed E-state index contributed by atoms with van der Waals surface area (Å²) in [7, 11) is 0. The van der Waals surface area contributed by atoms with Crippen LogP contribution in [0.1, 0.15) is 56.9 Å². The van der Waals surface area contributed by atoms with E-state index in [2.05, 4.69) is 176 Å². The maximum atomic E-state index is 7.83. The second kappa shape index (κ2) is 11.3. The summed E-state index contributed by atoms with van der Waals surface area (Å²) in [5.74, 6) is 0. The van der Waals surface area contributed by atoms with E-state index in [9.17, 15) is 0 Å². The van der Waals surface area contributed by atoms with Gasteiger partial charge in [0, 0.05) is 26.6 Å².